The number of rotatable bonds is 4. The Bertz CT molecular complexity index is 314. The van der Waals surface area contributed by atoms with Gasteiger partial charge in [-0.3, -0.25) is 9.59 Å². The highest BCUT2D eigenvalue weighted by atomic mass is 16.6. The van der Waals surface area contributed by atoms with Gasteiger partial charge < -0.3 is 19.3 Å². The quantitative estimate of drug-likeness (QED) is 0.566. The van der Waals surface area contributed by atoms with E-state index in [0.29, 0.717) is 0 Å². The Balaban J connectivity index is 2.87. The molecule has 0 radical (unpaired) electrons. The molecule has 6 nitrogen and oxygen atoms in total. The van der Waals surface area contributed by atoms with E-state index in [1.807, 2.05) is 0 Å². The van der Waals surface area contributed by atoms with E-state index in [9.17, 15) is 14.7 Å². The third-order valence-corrected chi connectivity index (χ3v) is 2.63. The van der Waals surface area contributed by atoms with Crippen molar-refractivity contribution in [2.24, 2.45) is 5.92 Å². The maximum Gasteiger partial charge on any atom is 0.314 e. The lowest BCUT2D eigenvalue weighted by Gasteiger charge is -2.27. The van der Waals surface area contributed by atoms with Gasteiger partial charge in [0.05, 0.1) is 19.6 Å². The first-order valence-electron chi connectivity index (χ1n) is 5.79. The fourth-order valence-corrected chi connectivity index (χ4v) is 1.75. The normalized spacial score (nSPS) is 29.6. The highest BCUT2D eigenvalue weighted by molar-refractivity contribution is 5.75. The Morgan fingerprint density at radius 3 is 2.89 bits per heavy atom. The van der Waals surface area contributed by atoms with Crippen molar-refractivity contribution in [3.8, 4) is 0 Å². The van der Waals surface area contributed by atoms with Gasteiger partial charge >= 0.3 is 11.9 Å². The Labute approximate surface area is 106 Å². The topological polar surface area (TPSA) is 82.1 Å². The minimum absolute atomic E-state index is 0.00239. The van der Waals surface area contributed by atoms with Crippen LogP contribution in [0, 0.1) is 5.92 Å². The zero-order valence-electron chi connectivity index (χ0n) is 10.3. The van der Waals surface area contributed by atoms with Gasteiger partial charge in [-0.1, -0.05) is 6.08 Å². The number of aliphatic hydroxyl groups is 1. The molecule has 1 heterocycles. The molecule has 0 amide bonds. The Kier molecular flexibility index (Phi) is 5.80. The molecule has 0 aliphatic carbocycles. The molecule has 0 saturated carbocycles. The van der Waals surface area contributed by atoms with Gasteiger partial charge in [-0.15, -0.1) is 6.58 Å². The summed E-state index contributed by atoms with van der Waals surface area (Å²) in [6.45, 7) is 4.84. The monoisotopic (exact) mass is 258 g/mol. The first-order chi connectivity index (χ1) is 8.60. The maximum absolute atomic E-state index is 11.7. The van der Waals surface area contributed by atoms with E-state index in [2.05, 4.69) is 6.58 Å². The number of hydrogen-bond acceptors (Lipinski definition) is 6. The van der Waals surface area contributed by atoms with Crippen molar-refractivity contribution in [2.75, 3.05) is 19.8 Å². The van der Waals surface area contributed by atoms with Crippen LogP contribution in [0.15, 0.2) is 12.7 Å². The molecule has 1 rings (SSSR count). The molecule has 0 aromatic heterocycles. The zero-order chi connectivity index (χ0) is 13.5. The third-order valence-electron chi connectivity index (χ3n) is 2.63. The molecular formula is C12H18O6. The Morgan fingerprint density at radius 1 is 1.56 bits per heavy atom. The summed E-state index contributed by atoms with van der Waals surface area (Å²) in [5, 5.41) is 9.28. The fourth-order valence-electron chi connectivity index (χ4n) is 1.75. The molecule has 0 aromatic carbocycles. The second-order valence-corrected chi connectivity index (χ2v) is 3.99. The van der Waals surface area contributed by atoms with Gasteiger partial charge in [-0.2, -0.15) is 0 Å². The summed E-state index contributed by atoms with van der Waals surface area (Å²) in [6, 6.07) is 0. The van der Waals surface area contributed by atoms with E-state index in [4.69, 9.17) is 14.2 Å². The maximum atomic E-state index is 11.7. The number of ether oxygens (including phenoxy) is 3. The summed E-state index contributed by atoms with van der Waals surface area (Å²) < 4.78 is 15.4. The molecule has 1 aliphatic heterocycles. The van der Waals surface area contributed by atoms with E-state index in [1.165, 1.54) is 6.08 Å². The summed E-state index contributed by atoms with van der Waals surface area (Å²) in [7, 11) is 0. The molecule has 1 fully saturated rings. The number of carbonyl (C=O) groups is 2. The van der Waals surface area contributed by atoms with Crippen LogP contribution in [0.1, 0.15) is 13.3 Å². The smallest absolute Gasteiger partial charge is 0.314 e. The number of esters is 2. The van der Waals surface area contributed by atoms with Crippen LogP contribution in [-0.4, -0.2) is 49.1 Å². The fraction of sp³-hybridized carbons (Fsp3) is 0.667. The molecule has 6 heteroatoms. The zero-order valence-corrected chi connectivity index (χ0v) is 10.3. The molecular weight excluding hydrogens is 240 g/mol. The van der Waals surface area contributed by atoms with Crippen LogP contribution in [0.5, 0.6) is 0 Å². The highest BCUT2D eigenvalue weighted by Gasteiger charge is 2.37. The number of hydrogen-bond donors (Lipinski definition) is 1. The van der Waals surface area contributed by atoms with Gasteiger partial charge in [0.25, 0.3) is 0 Å². The van der Waals surface area contributed by atoms with E-state index >= 15 is 0 Å². The van der Waals surface area contributed by atoms with Gasteiger partial charge in [-0.25, -0.2) is 0 Å². The van der Waals surface area contributed by atoms with Crippen molar-refractivity contribution >= 4 is 11.9 Å². The van der Waals surface area contributed by atoms with Gasteiger partial charge in [0.15, 0.2) is 0 Å². The van der Waals surface area contributed by atoms with Crippen LogP contribution >= 0.6 is 0 Å². The first kappa shape index (κ1) is 14.7. The lowest BCUT2D eigenvalue weighted by atomic mass is 9.99. The van der Waals surface area contributed by atoms with Crippen LogP contribution in [-0.2, 0) is 23.8 Å². The average Bonchev–Trinajstić information content (AvgIpc) is 2.37. The standard InChI is InChI=1S/C12H18O6/c1-3-5-16-11-8(2)18-10(14)4-6-17-12(15)9(11)7-13/h3,8-9,11,13H,1,4-7H2,2H3/t8-,9+,11-/m0/s1. The summed E-state index contributed by atoms with van der Waals surface area (Å²) in [4.78, 5) is 23.1. The summed E-state index contributed by atoms with van der Waals surface area (Å²) in [5.74, 6) is -1.91. The van der Waals surface area contributed by atoms with Crippen molar-refractivity contribution in [3.63, 3.8) is 0 Å². The second-order valence-electron chi connectivity index (χ2n) is 3.99. The lowest BCUT2D eigenvalue weighted by Crippen LogP contribution is -2.42. The van der Waals surface area contributed by atoms with Gasteiger partial charge in [-0.05, 0) is 6.92 Å². The molecule has 3 atom stereocenters. The van der Waals surface area contributed by atoms with E-state index in [-0.39, 0.29) is 19.6 Å². The number of cyclic esters (lactones) is 2. The Hall–Kier alpha value is -1.40. The largest absolute Gasteiger partial charge is 0.465 e. The molecule has 0 aromatic rings. The van der Waals surface area contributed by atoms with Crippen LogP contribution in [0.3, 0.4) is 0 Å². The van der Waals surface area contributed by atoms with Crippen LogP contribution in [0.2, 0.25) is 0 Å². The molecule has 0 bridgehead atoms. The summed E-state index contributed by atoms with van der Waals surface area (Å²) in [5.41, 5.74) is 0. The summed E-state index contributed by atoms with van der Waals surface area (Å²) in [6.07, 6.45) is 0.131. The van der Waals surface area contributed by atoms with Crippen molar-refractivity contribution in [3.05, 3.63) is 12.7 Å². The van der Waals surface area contributed by atoms with Crippen molar-refractivity contribution in [1.82, 2.24) is 0 Å². The van der Waals surface area contributed by atoms with Crippen molar-refractivity contribution in [1.29, 1.82) is 0 Å². The molecule has 102 valence electrons. The molecule has 1 saturated heterocycles. The van der Waals surface area contributed by atoms with E-state index in [1.54, 1.807) is 6.92 Å². The number of carbonyl (C=O) groups excluding carboxylic acids is 2. The molecule has 18 heavy (non-hydrogen) atoms. The van der Waals surface area contributed by atoms with E-state index in [0.717, 1.165) is 0 Å². The van der Waals surface area contributed by atoms with E-state index < -0.39 is 36.7 Å². The molecule has 1 aliphatic rings. The SMILES string of the molecule is C=CCO[C@H]1[C@H](C)OC(=O)CCOC(=O)[C@@H]1CO. The van der Waals surface area contributed by atoms with Crippen LogP contribution in [0.25, 0.3) is 0 Å². The minimum atomic E-state index is -0.870. The van der Waals surface area contributed by atoms with Gasteiger partial charge in [0.2, 0.25) is 0 Å². The predicted molar refractivity (Wildman–Crippen MR) is 61.6 cm³/mol. The summed E-state index contributed by atoms with van der Waals surface area (Å²) >= 11 is 0. The van der Waals surface area contributed by atoms with Crippen LogP contribution in [0.4, 0.5) is 0 Å². The lowest BCUT2D eigenvalue weighted by molar-refractivity contribution is -0.164. The molecule has 0 unspecified atom stereocenters. The second kappa shape index (κ2) is 7.13. The van der Waals surface area contributed by atoms with Crippen LogP contribution < -0.4 is 0 Å². The highest BCUT2D eigenvalue weighted by Crippen LogP contribution is 2.19. The molecule has 0 spiro atoms. The first-order valence-corrected chi connectivity index (χ1v) is 5.79. The predicted octanol–water partition coefficient (Wildman–Crippen LogP) is 0.0447. The van der Waals surface area contributed by atoms with Gasteiger partial charge in [0, 0.05) is 0 Å². The van der Waals surface area contributed by atoms with Gasteiger partial charge in [0.1, 0.15) is 24.7 Å². The van der Waals surface area contributed by atoms with Crippen molar-refractivity contribution in [2.45, 2.75) is 25.6 Å². The minimum Gasteiger partial charge on any atom is -0.465 e. The molecule has 1 N–H and O–H groups in total. The average molecular weight is 258 g/mol. The van der Waals surface area contributed by atoms with Crippen molar-refractivity contribution < 1.29 is 28.9 Å². The third kappa shape index (κ3) is 3.82. The Morgan fingerprint density at radius 2 is 2.28 bits per heavy atom. The number of aliphatic hydroxyl groups excluding tert-OH is 1.